The highest BCUT2D eigenvalue weighted by Gasteiger charge is 2.16. The minimum Gasteiger partial charge on any atom is -0.497 e. The average molecular weight is 415 g/mol. The van der Waals surface area contributed by atoms with Gasteiger partial charge in [0.05, 0.1) is 24.3 Å². The third-order valence-electron chi connectivity index (χ3n) is 2.81. The molecule has 110 valence electrons. The molecule has 0 heterocycles. The molecule has 0 aliphatic rings. The zero-order chi connectivity index (χ0) is 15.4. The molecular weight excluding hydrogens is 402 g/mol. The summed E-state index contributed by atoms with van der Waals surface area (Å²) in [7, 11) is 3.12. The van der Waals surface area contributed by atoms with Gasteiger partial charge in [0.1, 0.15) is 11.5 Å². The molecule has 0 aliphatic heterocycles. The van der Waals surface area contributed by atoms with Crippen LogP contribution < -0.4 is 14.8 Å². The lowest BCUT2D eigenvalue weighted by Crippen LogP contribution is -2.13. The van der Waals surface area contributed by atoms with Crippen molar-refractivity contribution in [3.8, 4) is 11.5 Å². The third-order valence-corrected chi connectivity index (χ3v) is 3.85. The summed E-state index contributed by atoms with van der Waals surface area (Å²) in [5, 5.41) is 2.82. The van der Waals surface area contributed by atoms with E-state index in [9.17, 15) is 4.79 Å². The van der Waals surface area contributed by atoms with Gasteiger partial charge in [-0.25, -0.2) is 0 Å². The summed E-state index contributed by atoms with van der Waals surface area (Å²) in [6, 6.07) is 10.6. The number of methoxy groups -OCH3 is 2. The lowest BCUT2D eigenvalue weighted by molar-refractivity contribution is 0.102. The first kappa shape index (κ1) is 15.9. The van der Waals surface area contributed by atoms with Crippen molar-refractivity contribution >= 4 is 43.5 Å². The molecule has 21 heavy (non-hydrogen) atoms. The second-order valence-corrected chi connectivity index (χ2v) is 5.92. The number of rotatable bonds is 4. The number of ether oxygens (including phenoxy) is 2. The quantitative estimate of drug-likeness (QED) is 0.802. The Bertz CT molecular complexity index is 657. The van der Waals surface area contributed by atoms with Gasteiger partial charge in [0.15, 0.2) is 0 Å². The number of hydrogen-bond donors (Lipinski definition) is 1. The molecule has 1 N–H and O–H groups in total. The van der Waals surface area contributed by atoms with Gasteiger partial charge in [-0.15, -0.1) is 0 Å². The molecule has 2 rings (SSSR count). The molecule has 0 radical (unpaired) electrons. The van der Waals surface area contributed by atoms with Crippen LogP contribution in [0.3, 0.4) is 0 Å². The van der Waals surface area contributed by atoms with Gasteiger partial charge >= 0.3 is 0 Å². The van der Waals surface area contributed by atoms with E-state index in [0.29, 0.717) is 21.5 Å². The lowest BCUT2D eigenvalue weighted by Gasteiger charge is -2.12. The fourth-order valence-electron chi connectivity index (χ4n) is 1.81. The Kier molecular flexibility index (Phi) is 5.25. The molecule has 0 aliphatic carbocycles. The number of halogens is 2. The van der Waals surface area contributed by atoms with Crippen molar-refractivity contribution in [2.75, 3.05) is 19.5 Å². The largest absolute Gasteiger partial charge is 0.497 e. The first-order valence-corrected chi connectivity index (χ1v) is 7.62. The van der Waals surface area contributed by atoms with Crippen molar-refractivity contribution in [1.82, 2.24) is 0 Å². The predicted octanol–water partition coefficient (Wildman–Crippen LogP) is 4.48. The fraction of sp³-hybridized carbons (Fsp3) is 0.133. The van der Waals surface area contributed by atoms with Crippen molar-refractivity contribution in [2.45, 2.75) is 0 Å². The number of benzene rings is 2. The summed E-state index contributed by atoms with van der Waals surface area (Å²) in [6.45, 7) is 0. The normalized spacial score (nSPS) is 10.1. The van der Waals surface area contributed by atoms with Crippen LogP contribution in [0, 0.1) is 0 Å². The zero-order valence-electron chi connectivity index (χ0n) is 11.4. The maximum atomic E-state index is 12.4. The summed E-state index contributed by atoms with van der Waals surface area (Å²) >= 11 is 6.75. The summed E-state index contributed by atoms with van der Waals surface area (Å²) in [4.78, 5) is 12.4. The number of carbonyl (C=O) groups excluding carboxylic acids is 1. The smallest absolute Gasteiger partial charge is 0.259 e. The average Bonchev–Trinajstić information content (AvgIpc) is 2.47. The minimum atomic E-state index is -0.251. The van der Waals surface area contributed by atoms with E-state index in [2.05, 4.69) is 37.2 Å². The van der Waals surface area contributed by atoms with Crippen molar-refractivity contribution in [2.24, 2.45) is 0 Å². The van der Waals surface area contributed by atoms with E-state index < -0.39 is 0 Å². The van der Waals surface area contributed by atoms with Gasteiger partial charge in [-0.05, 0) is 52.3 Å². The Labute approximate surface area is 139 Å². The Morgan fingerprint density at radius 1 is 1.05 bits per heavy atom. The highest BCUT2D eigenvalue weighted by molar-refractivity contribution is 9.11. The van der Waals surface area contributed by atoms with Crippen LogP contribution in [0.15, 0.2) is 45.3 Å². The van der Waals surface area contributed by atoms with E-state index >= 15 is 0 Å². The number of hydrogen-bond acceptors (Lipinski definition) is 3. The second-order valence-electron chi connectivity index (χ2n) is 4.15. The first-order chi connectivity index (χ1) is 10.0. The molecule has 0 spiro atoms. The van der Waals surface area contributed by atoms with Crippen LogP contribution in [0.5, 0.6) is 11.5 Å². The van der Waals surface area contributed by atoms with Crippen LogP contribution >= 0.6 is 31.9 Å². The van der Waals surface area contributed by atoms with Crippen molar-refractivity contribution < 1.29 is 14.3 Å². The Morgan fingerprint density at radius 2 is 1.71 bits per heavy atom. The molecule has 0 unspecified atom stereocenters. The van der Waals surface area contributed by atoms with Crippen LogP contribution in [0.4, 0.5) is 5.69 Å². The number of carbonyl (C=O) groups is 1. The van der Waals surface area contributed by atoms with Gasteiger partial charge in [0.2, 0.25) is 0 Å². The highest BCUT2D eigenvalue weighted by atomic mass is 79.9. The van der Waals surface area contributed by atoms with Crippen LogP contribution in [0.25, 0.3) is 0 Å². The Hall–Kier alpha value is -1.53. The molecule has 1 amide bonds. The summed E-state index contributed by atoms with van der Waals surface area (Å²) in [6.07, 6.45) is 0. The van der Waals surface area contributed by atoms with Crippen LogP contribution in [-0.4, -0.2) is 20.1 Å². The molecular formula is C15H13Br2NO3. The number of anilines is 1. The van der Waals surface area contributed by atoms with Crippen molar-refractivity contribution in [3.63, 3.8) is 0 Å². The number of amides is 1. The van der Waals surface area contributed by atoms with Crippen molar-refractivity contribution in [1.29, 1.82) is 0 Å². The monoisotopic (exact) mass is 413 g/mol. The molecule has 2 aromatic rings. The molecule has 4 nitrogen and oxygen atoms in total. The minimum absolute atomic E-state index is 0.251. The highest BCUT2D eigenvalue weighted by Crippen LogP contribution is 2.33. The van der Waals surface area contributed by atoms with Gasteiger partial charge in [-0.3, -0.25) is 4.79 Å². The lowest BCUT2D eigenvalue weighted by atomic mass is 10.2. The summed E-state index contributed by atoms with van der Waals surface area (Å²) in [5.74, 6) is 0.971. The van der Waals surface area contributed by atoms with Gasteiger partial charge in [0, 0.05) is 10.2 Å². The topological polar surface area (TPSA) is 47.6 Å². The molecule has 0 atom stereocenters. The molecule has 0 saturated carbocycles. The van der Waals surface area contributed by atoms with E-state index in [0.717, 1.165) is 10.2 Å². The second kappa shape index (κ2) is 6.95. The fourth-order valence-corrected chi connectivity index (χ4v) is 3.20. The van der Waals surface area contributed by atoms with Gasteiger partial charge in [0.25, 0.3) is 5.91 Å². The Balaban J connectivity index is 2.27. The van der Waals surface area contributed by atoms with E-state index in [4.69, 9.17) is 9.47 Å². The first-order valence-electron chi connectivity index (χ1n) is 6.03. The summed E-state index contributed by atoms with van der Waals surface area (Å²) in [5.41, 5.74) is 1.12. The van der Waals surface area contributed by atoms with E-state index in [-0.39, 0.29) is 5.91 Å². The predicted molar refractivity (Wildman–Crippen MR) is 89.3 cm³/mol. The molecule has 2 aromatic carbocycles. The Morgan fingerprint density at radius 3 is 2.29 bits per heavy atom. The van der Waals surface area contributed by atoms with E-state index in [1.165, 1.54) is 7.11 Å². The van der Waals surface area contributed by atoms with Gasteiger partial charge < -0.3 is 14.8 Å². The number of nitrogens with one attached hydrogen (secondary N) is 1. The SMILES string of the molecule is COc1ccc(NC(=O)c2cc(Br)cc(Br)c2OC)cc1. The zero-order valence-corrected chi connectivity index (χ0v) is 14.6. The molecule has 0 bridgehead atoms. The van der Waals surface area contributed by atoms with Crippen LogP contribution in [-0.2, 0) is 0 Å². The molecule has 0 fully saturated rings. The maximum absolute atomic E-state index is 12.4. The molecule has 0 saturated heterocycles. The van der Waals surface area contributed by atoms with E-state index in [1.54, 1.807) is 37.4 Å². The van der Waals surface area contributed by atoms with E-state index in [1.807, 2.05) is 6.07 Å². The van der Waals surface area contributed by atoms with Gasteiger partial charge in [-0.1, -0.05) is 15.9 Å². The summed E-state index contributed by atoms with van der Waals surface area (Å²) < 4.78 is 11.9. The maximum Gasteiger partial charge on any atom is 0.259 e. The third kappa shape index (κ3) is 3.77. The van der Waals surface area contributed by atoms with Crippen LogP contribution in [0.1, 0.15) is 10.4 Å². The standard InChI is InChI=1S/C15H13Br2NO3/c1-20-11-5-3-10(4-6-11)18-15(19)12-7-9(16)8-13(17)14(12)21-2/h3-8H,1-2H3,(H,18,19). The van der Waals surface area contributed by atoms with Crippen LogP contribution in [0.2, 0.25) is 0 Å². The molecule has 0 aromatic heterocycles. The van der Waals surface area contributed by atoms with Gasteiger partial charge in [-0.2, -0.15) is 0 Å². The molecule has 6 heteroatoms. The van der Waals surface area contributed by atoms with Crippen molar-refractivity contribution in [3.05, 3.63) is 50.9 Å².